The summed E-state index contributed by atoms with van der Waals surface area (Å²) < 4.78 is 5.86. The average Bonchev–Trinajstić information content (AvgIpc) is 3.23. The lowest BCUT2D eigenvalue weighted by atomic mass is 10.1. The molecule has 1 aromatic heterocycles. The molecule has 0 aliphatic carbocycles. The fourth-order valence-corrected chi connectivity index (χ4v) is 3.30. The molecule has 1 fully saturated rings. The SMILES string of the molecule is CCOC(=O)c1n[nH]nc1C1CCCN1C(=O)c1cccc(Br)c1. The van der Waals surface area contributed by atoms with Gasteiger partial charge < -0.3 is 9.64 Å². The van der Waals surface area contributed by atoms with Crippen LogP contribution in [0.15, 0.2) is 28.7 Å². The fraction of sp³-hybridized carbons (Fsp3) is 0.375. The van der Waals surface area contributed by atoms with E-state index in [0.717, 1.165) is 17.3 Å². The maximum absolute atomic E-state index is 12.8. The molecule has 0 bridgehead atoms. The molecule has 2 heterocycles. The molecule has 1 unspecified atom stereocenters. The summed E-state index contributed by atoms with van der Waals surface area (Å²) in [5.41, 5.74) is 1.21. The Morgan fingerprint density at radius 2 is 2.25 bits per heavy atom. The number of halogens is 1. The topological polar surface area (TPSA) is 88.2 Å². The van der Waals surface area contributed by atoms with Crippen molar-refractivity contribution in [1.29, 1.82) is 0 Å². The normalized spacial score (nSPS) is 17.1. The van der Waals surface area contributed by atoms with Crippen molar-refractivity contribution in [3.8, 4) is 0 Å². The smallest absolute Gasteiger partial charge is 0.360 e. The van der Waals surface area contributed by atoms with E-state index < -0.39 is 5.97 Å². The fourth-order valence-electron chi connectivity index (χ4n) is 2.90. The zero-order valence-electron chi connectivity index (χ0n) is 13.2. The number of carbonyl (C=O) groups is 2. The largest absolute Gasteiger partial charge is 0.461 e. The van der Waals surface area contributed by atoms with Crippen molar-refractivity contribution in [2.45, 2.75) is 25.8 Å². The minimum Gasteiger partial charge on any atom is -0.461 e. The van der Waals surface area contributed by atoms with Crippen molar-refractivity contribution >= 4 is 27.8 Å². The van der Waals surface area contributed by atoms with Crippen LogP contribution >= 0.6 is 15.9 Å². The number of benzene rings is 1. The van der Waals surface area contributed by atoms with Gasteiger partial charge >= 0.3 is 5.97 Å². The van der Waals surface area contributed by atoms with Crippen LogP contribution in [0.1, 0.15) is 52.3 Å². The molecule has 1 atom stereocenters. The highest BCUT2D eigenvalue weighted by Gasteiger charge is 2.36. The summed E-state index contributed by atoms with van der Waals surface area (Å²) in [4.78, 5) is 26.6. The molecular formula is C16H17BrN4O3. The van der Waals surface area contributed by atoms with Crippen LogP contribution in [0, 0.1) is 0 Å². The summed E-state index contributed by atoms with van der Waals surface area (Å²) in [5, 5.41) is 10.5. The van der Waals surface area contributed by atoms with E-state index in [1.165, 1.54) is 0 Å². The van der Waals surface area contributed by atoms with Gasteiger partial charge in [-0.3, -0.25) is 4.79 Å². The average molecular weight is 393 g/mol. The molecule has 1 N–H and O–H groups in total. The Kier molecular flexibility index (Phi) is 4.94. The van der Waals surface area contributed by atoms with Crippen LogP contribution in [0.5, 0.6) is 0 Å². The molecule has 1 saturated heterocycles. The van der Waals surface area contributed by atoms with Crippen molar-refractivity contribution in [1.82, 2.24) is 20.3 Å². The second kappa shape index (κ2) is 7.12. The van der Waals surface area contributed by atoms with Crippen molar-refractivity contribution in [3.63, 3.8) is 0 Å². The summed E-state index contributed by atoms with van der Waals surface area (Å²) >= 11 is 3.38. The first kappa shape index (κ1) is 16.6. The molecule has 1 aliphatic heterocycles. The molecule has 1 aliphatic rings. The number of nitrogens with one attached hydrogen (secondary N) is 1. The number of ether oxygens (including phenoxy) is 1. The predicted molar refractivity (Wildman–Crippen MR) is 89.5 cm³/mol. The lowest BCUT2D eigenvalue weighted by Crippen LogP contribution is -2.31. The van der Waals surface area contributed by atoms with Gasteiger partial charge in [0, 0.05) is 16.6 Å². The maximum Gasteiger partial charge on any atom is 0.360 e. The van der Waals surface area contributed by atoms with Gasteiger partial charge in [0.25, 0.3) is 5.91 Å². The van der Waals surface area contributed by atoms with E-state index in [1.54, 1.807) is 24.0 Å². The number of carbonyl (C=O) groups excluding carboxylic acids is 2. The van der Waals surface area contributed by atoms with Crippen LogP contribution in [0.3, 0.4) is 0 Å². The van der Waals surface area contributed by atoms with Gasteiger partial charge in [0.05, 0.1) is 12.6 Å². The van der Waals surface area contributed by atoms with Crippen molar-refractivity contribution < 1.29 is 14.3 Å². The van der Waals surface area contributed by atoms with E-state index in [4.69, 9.17) is 4.74 Å². The molecule has 0 radical (unpaired) electrons. The first-order valence-electron chi connectivity index (χ1n) is 7.76. The van der Waals surface area contributed by atoms with Gasteiger partial charge in [-0.1, -0.05) is 22.0 Å². The Labute approximate surface area is 147 Å². The second-order valence-electron chi connectivity index (χ2n) is 5.44. The van der Waals surface area contributed by atoms with Gasteiger partial charge in [-0.05, 0) is 38.0 Å². The Morgan fingerprint density at radius 1 is 1.42 bits per heavy atom. The number of aromatic nitrogens is 3. The van der Waals surface area contributed by atoms with Gasteiger partial charge in [-0.25, -0.2) is 4.79 Å². The van der Waals surface area contributed by atoms with Gasteiger partial charge in [0.2, 0.25) is 0 Å². The monoisotopic (exact) mass is 392 g/mol. The van der Waals surface area contributed by atoms with E-state index >= 15 is 0 Å². The Morgan fingerprint density at radius 3 is 3.00 bits per heavy atom. The van der Waals surface area contributed by atoms with E-state index in [9.17, 15) is 9.59 Å². The number of rotatable bonds is 4. The van der Waals surface area contributed by atoms with E-state index in [1.807, 2.05) is 12.1 Å². The lowest BCUT2D eigenvalue weighted by Gasteiger charge is -2.23. The number of H-pyrrole nitrogens is 1. The molecule has 7 nitrogen and oxygen atoms in total. The molecule has 3 rings (SSSR count). The van der Waals surface area contributed by atoms with E-state index in [-0.39, 0.29) is 24.2 Å². The van der Waals surface area contributed by atoms with Crippen LogP contribution in [0.25, 0.3) is 0 Å². The Bertz CT molecular complexity index is 761. The van der Waals surface area contributed by atoms with Gasteiger partial charge in [0.1, 0.15) is 5.69 Å². The first-order valence-corrected chi connectivity index (χ1v) is 8.55. The third-order valence-corrected chi connectivity index (χ3v) is 4.44. The number of nitrogens with zero attached hydrogens (tertiary/aromatic N) is 3. The molecule has 1 amide bonds. The number of hydrogen-bond donors (Lipinski definition) is 1. The molecule has 1 aromatic carbocycles. The van der Waals surface area contributed by atoms with Gasteiger partial charge in [-0.2, -0.15) is 10.3 Å². The van der Waals surface area contributed by atoms with Gasteiger partial charge in [-0.15, -0.1) is 5.10 Å². The Hall–Kier alpha value is -2.22. The summed E-state index contributed by atoms with van der Waals surface area (Å²) in [6.45, 7) is 2.61. The summed E-state index contributed by atoms with van der Waals surface area (Å²) in [7, 11) is 0. The number of esters is 1. The van der Waals surface area contributed by atoms with Gasteiger partial charge in [0.15, 0.2) is 5.69 Å². The molecule has 2 aromatic rings. The predicted octanol–water partition coefficient (Wildman–Crippen LogP) is 2.72. The van der Waals surface area contributed by atoms with Crippen molar-refractivity contribution in [2.75, 3.05) is 13.2 Å². The summed E-state index contributed by atoms with van der Waals surface area (Å²) in [6, 6.07) is 6.97. The maximum atomic E-state index is 12.8. The lowest BCUT2D eigenvalue weighted by molar-refractivity contribution is 0.0512. The van der Waals surface area contributed by atoms with Crippen LogP contribution in [-0.4, -0.2) is 45.3 Å². The van der Waals surface area contributed by atoms with E-state index in [0.29, 0.717) is 17.8 Å². The zero-order chi connectivity index (χ0) is 17.1. The van der Waals surface area contributed by atoms with Crippen molar-refractivity contribution in [2.24, 2.45) is 0 Å². The molecule has 8 heteroatoms. The molecular weight excluding hydrogens is 376 g/mol. The first-order chi connectivity index (χ1) is 11.6. The van der Waals surface area contributed by atoms with E-state index in [2.05, 4.69) is 31.3 Å². The van der Waals surface area contributed by atoms with Crippen LogP contribution < -0.4 is 0 Å². The molecule has 0 spiro atoms. The van der Waals surface area contributed by atoms with Crippen molar-refractivity contribution in [3.05, 3.63) is 45.7 Å². The second-order valence-corrected chi connectivity index (χ2v) is 6.36. The standard InChI is InChI=1S/C16H17BrN4O3/c1-2-24-16(23)14-13(18-20-19-14)12-7-4-8-21(12)15(22)10-5-3-6-11(17)9-10/h3,5-6,9,12H,2,4,7-8H2,1H3,(H,18,19,20). The number of likely N-dealkylation sites (tertiary alicyclic amines) is 1. The van der Waals surface area contributed by atoms with Crippen LogP contribution in [0.2, 0.25) is 0 Å². The minimum absolute atomic E-state index is 0.0865. The number of aromatic amines is 1. The molecule has 0 saturated carbocycles. The quantitative estimate of drug-likeness (QED) is 0.807. The highest BCUT2D eigenvalue weighted by Crippen LogP contribution is 2.33. The molecule has 24 heavy (non-hydrogen) atoms. The minimum atomic E-state index is -0.525. The highest BCUT2D eigenvalue weighted by atomic mass is 79.9. The zero-order valence-corrected chi connectivity index (χ0v) is 14.7. The number of amides is 1. The summed E-state index contributed by atoms with van der Waals surface area (Å²) in [6.07, 6.45) is 1.58. The molecule has 126 valence electrons. The van der Waals surface area contributed by atoms with Crippen LogP contribution in [0.4, 0.5) is 0 Å². The Balaban J connectivity index is 1.88. The number of hydrogen-bond acceptors (Lipinski definition) is 5. The third kappa shape index (κ3) is 3.19. The third-order valence-electron chi connectivity index (χ3n) is 3.94. The summed E-state index contributed by atoms with van der Waals surface area (Å²) in [5.74, 6) is -0.611. The van der Waals surface area contributed by atoms with Crippen LogP contribution in [-0.2, 0) is 4.74 Å². The highest BCUT2D eigenvalue weighted by molar-refractivity contribution is 9.10.